The maximum Gasteiger partial charge on any atom is 0.265 e. The molecule has 0 unspecified atom stereocenters. The number of rotatable bonds is 6. The summed E-state index contributed by atoms with van der Waals surface area (Å²) in [6.07, 6.45) is 0. The van der Waals surface area contributed by atoms with Gasteiger partial charge in [-0.15, -0.1) is 11.3 Å². The second-order valence-corrected chi connectivity index (χ2v) is 7.91. The van der Waals surface area contributed by atoms with Gasteiger partial charge in [0.2, 0.25) is 0 Å². The Morgan fingerprint density at radius 1 is 1.24 bits per heavy atom. The van der Waals surface area contributed by atoms with Crippen molar-refractivity contribution >= 4 is 17.2 Å². The van der Waals surface area contributed by atoms with Crippen molar-refractivity contribution in [2.45, 2.75) is 33.1 Å². The highest BCUT2D eigenvalue weighted by atomic mass is 32.1. The van der Waals surface area contributed by atoms with Gasteiger partial charge in [0.05, 0.1) is 24.4 Å². The molecule has 0 aliphatic heterocycles. The van der Waals surface area contributed by atoms with Crippen LogP contribution in [-0.4, -0.2) is 43.1 Å². The average molecular weight is 362 g/mol. The number of amides is 1. The number of thiazole rings is 1. The molecule has 0 aliphatic carbocycles. The van der Waals surface area contributed by atoms with Crippen molar-refractivity contribution in [2.24, 2.45) is 0 Å². The van der Waals surface area contributed by atoms with E-state index in [0.29, 0.717) is 29.5 Å². The first-order chi connectivity index (χ1) is 11.7. The molecular weight excluding hydrogens is 336 g/mol. The topological polar surface area (TPSA) is 51.7 Å². The third-order valence-electron chi connectivity index (χ3n) is 3.73. The molecule has 0 radical (unpaired) electrons. The molecule has 1 aromatic carbocycles. The standard InChI is InChI=1S/C19H26N2O3S/c1-13-16(25-18(20-13)19(2,3)4)17(22)21(5)11-12-24-15-10-8-7-9-14(15)23-6/h7-10H,11-12H2,1-6H3. The first-order valence-electron chi connectivity index (χ1n) is 8.23. The Kier molecular flexibility index (Phi) is 6.06. The van der Waals surface area contributed by atoms with Crippen LogP contribution in [0.25, 0.3) is 0 Å². The number of para-hydroxylation sites is 2. The highest BCUT2D eigenvalue weighted by Gasteiger charge is 2.24. The summed E-state index contributed by atoms with van der Waals surface area (Å²) >= 11 is 1.48. The van der Waals surface area contributed by atoms with Crippen molar-refractivity contribution in [3.8, 4) is 11.5 Å². The summed E-state index contributed by atoms with van der Waals surface area (Å²) in [5, 5.41) is 0.979. The van der Waals surface area contributed by atoms with E-state index < -0.39 is 0 Å². The second-order valence-electron chi connectivity index (χ2n) is 6.91. The molecule has 1 amide bonds. The van der Waals surface area contributed by atoms with Crippen molar-refractivity contribution in [3.63, 3.8) is 0 Å². The van der Waals surface area contributed by atoms with Gasteiger partial charge >= 0.3 is 0 Å². The molecule has 0 N–H and O–H groups in total. The quantitative estimate of drug-likeness (QED) is 0.782. The van der Waals surface area contributed by atoms with Gasteiger partial charge in [-0.2, -0.15) is 0 Å². The Balaban J connectivity index is 1.98. The molecule has 0 atom stereocenters. The van der Waals surface area contributed by atoms with Crippen LogP contribution in [0.3, 0.4) is 0 Å². The number of aryl methyl sites for hydroxylation is 1. The fourth-order valence-corrected chi connectivity index (χ4v) is 3.34. The first kappa shape index (κ1) is 19.2. The van der Waals surface area contributed by atoms with Gasteiger partial charge in [-0.3, -0.25) is 4.79 Å². The summed E-state index contributed by atoms with van der Waals surface area (Å²) < 4.78 is 11.0. The van der Waals surface area contributed by atoms with Crippen LogP contribution >= 0.6 is 11.3 Å². The minimum atomic E-state index is -0.0560. The van der Waals surface area contributed by atoms with Crippen LogP contribution in [0.15, 0.2) is 24.3 Å². The molecule has 0 aliphatic rings. The zero-order valence-corrected chi connectivity index (χ0v) is 16.6. The SMILES string of the molecule is COc1ccccc1OCCN(C)C(=O)c1sc(C(C)(C)C)nc1C. The summed E-state index contributed by atoms with van der Waals surface area (Å²) in [7, 11) is 3.39. The maximum absolute atomic E-state index is 12.7. The smallest absolute Gasteiger partial charge is 0.265 e. The number of hydrogen-bond acceptors (Lipinski definition) is 5. The molecule has 6 heteroatoms. The Bertz CT molecular complexity index is 735. The molecular formula is C19H26N2O3S. The Hall–Kier alpha value is -2.08. The molecule has 1 aromatic heterocycles. The lowest BCUT2D eigenvalue weighted by molar-refractivity contribution is 0.0777. The van der Waals surface area contributed by atoms with Crippen molar-refractivity contribution in [1.29, 1.82) is 0 Å². The molecule has 2 rings (SSSR count). The number of benzene rings is 1. The third-order valence-corrected chi connectivity index (χ3v) is 5.30. The molecule has 2 aromatic rings. The number of ether oxygens (including phenoxy) is 2. The van der Waals surface area contributed by atoms with E-state index in [4.69, 9.17) is 9.47 Å². The fourth-order valence-electron chi connectivity index (χ4n) is 2.22. The zero-order chi connectivity index (χ0) is 18.6. The average Bonchev–Trinajstić information content (AvgIpc) is 2.96. The monoisotopic (exact) mass is 362 g/mol. The first-order valence-corrected chi connectivity index (χ1v) is 9.05. The summed E-state index contributed by atoms with van der Waals surface area (Å²) in [5.74, 6) is 1.34. The Labute approximate surface area is 153 Å². The minimum Gasteiger partial charge on any atom is -0.493 e. The van der Waals surface area contributed by atoms with E-state index in [1.165, 1.54) is 11.3 Å². The van der Waals surface area contributed by atoms with Gasteiger partial charge in [-0.1, -0.05) is 32.9 Å². The lowest BCUT2D eigenvalue weighted by Gasteiger charge is -2.18. The molecule has 25 heavy (non-hydrogen) atoms. The molecule has 0 saturated carbocycles. The highest BCUT2D eigenvalue weighted by molar-refractivity contribution is 7.14. The molecule has 0 bridgehead atoms. The molecule has 136 valence electrons. The summed E-state index contributed by atoms with van der Waals surface area (Å²) in [6, 6.07) is 7.48. The van der Waals surface area contributed by atoms with Crippen LogP contribution in [-0.2, 0) is 5.41 Å². The summed E-state index contributed by atoms with van der Waals surface area (Å²) in [4.78, 5) is 19.6. The fraction of sp³-hybridized carbons (Fsp3) is 0.474. The third kappa shape index (κ3) is 4.72. The van der Waals surface area contributed by atoms with Crippen LogP contribution in [0.5, 0.6) is 11.5 Å². The number of hydrogen-bond donors (Lipinski definition) is 0. The Morgan fingerprint density at radius 3 is 2.44 bits per heavy atom. The number of nitrogens with zero attached hydrogens (tertiary/aromatic N) is 2. The van der Waals surface area contributed by atoms with Crippen molar-refractivity contribution in [3.05, 3.63) is 39.8 Å². The molecule has 0 spiro atoms. The van der Waals surface area contributed by atoms with Crippen LogP contribution in [0.2, 0.25) is 0 Å². The normalized spacial score (nSPS) is 11.3. The zero-order valence-electron chi connectivity index (χ0n) is 15.8. The Morgan fingerprint density at radius 2 is 1.88 bits per heavy atom. The van der Waals surface area contributed by atoms with Crippen LogP contribution < -0.4 is 9.47 Å². The van der Waals surface area contributed by atoms with Gasteiger partial charge in [0.1, 0.15) is 11.5 Å². The van der Waals surface area contributed by atoms with Crippen LogP contribution in [0.4, 0.5) is 0 Å². The van der Waals surface area contributed by atoms with E-state index in [1.54, 1.807) is 19.1 Å². The number of likely N-dealkylation sites (N-methyl/N-ethyl adjacent to an activating group) is 1. The lowest BCUT2D eigenvalue weighted by Crippen LogP contribution is -2.30. The van der Waals surface area contributed by atoms with Gasteiger partial charge in [0.25, 0.3) is 5.91 Å². The van der Waals surface area contributed by atoms with Crippen molar-refractivity contribution in [1.82, 2.24) is 9.88 Å². The predicted octanol–water partition coefficient (Wildman–Crippen LogP) is 3.91. The highest BCUT2D eigenvalue weighted by Crippen LogP contribution is 2.30. The van der Waals surface area contributed by atoms with E-state index in [-0.39, 0.29) is 11.3 Å². The molecule has 0 saturated heterocycles. The van der Waals surface area contributed by atoms with Gasteiger partial charge < -0.3 is 14.4 Å². The van der Waals surface area contributed by atoms with Gasteiger partial charge in [0, 0.05) is 12.5 Å². The molecule has 5 nitrogen and oxygen atoms in total. The maximum atomic E-state index is 12.7. The van der Waals surface area contributed by atoms with Gasteiger partial charge in [0.15, 0.2) is 11.5 Å². The van der Waals surface area contributed by atoms with Crippen molar-refractivity contribution < 1.29 is 14.3 Å². The van der Waals surface area contributed by atoms with Crippen LogP contribution in [0.1, 0.15) is 41.1 Å². The van der Waals surface area contributed by atoms with E-state index in [1.807, 2.05) is 31.2 Å². The largest absolute Gasteiger partial charge is 0.493 e. The number of carbonyl (C=O) groups is 1. The predicted molar refractivity (Wildman–Crippen MR) is 101 cm³/mol. The lowest BCUT2D eigenvalue weighted by atomic mass is 9.98. The number of methoxy groups -OCH3 is 1. The molecule has 0 fully saturated rings. The van der Waals surface area contributed by atoms with E-state index >= 15 is 0 Å². The summed E-state index contributed by atoms with van der Waals surface area (Å²) in [5.41, 5.74) is 0.733. The number of carbonyl (C=O) groups excluding carboxylic acids is 1. The van der Waals surface area contributed by atoms with E-state index in [9.17, 15) is 4.79 Å². The number of aromatic nitrogens is 1. The van der Waals surface area contributed by atoms with Crippen molar-refractivity contribution in [2.75, 3.05) is 27.3 Å². The summed E-state index contributed by atoms with van der Waals surface area (Å²) in [6.45, 7) is 9.07. The van der Waals surface area contributed by atoms with Crippen LogP contribution in [0, 0.1) is 6.92 Å². The second kappa shape index (κ2) is 7.87. The molecule has 1 heterocycles. The van der Waals surface area contributed by atoms with E-state index in [2.05, 4.69) is 25.8 Å². The van der Waals surface area contributed by atoms with Gasteiger partial charge in [-0.25, -0.2) is 4.98 Å². The minimum absolute atomic E-state index is 0.0193. The van der Waals surface area contributed by atoms with Gasteiger partial charge in [-0.05, 0) is 19.1 Å². The van der Waals surface area contributed by atoms with E-state index in [0.717, 1.165) is 10.7 Å².